The Morgan fingerprint density at radius 1 is 1.43 bits per heavy atom. The minimum Gasteiger partial charge on any atom is -0.374 e. The monoisotopic (exact) mass is 356 g/mol. The lowest BCUT2D eigenvalue weighted by molar-refractivity contribution is -0.119. The van der Waals surface area contributed by atoms with Gasteiger partial charge >= 0.3 is 0 Å². The van der Waals surface area contributed by atoms with E-state index in [1.165, 1.54) is 11.8 Å². The predicted molar refractivity (Wildman–Crippen MR) is 96.2 cm³/mol. The van der Waals surface area contributed by atoms with Crippen molar-refractivity contribution >= 4 is 29.3 Å². The molecule has 1 amide bonds. The van der Waals surface area contributed by atoms with Crippen molar-refractivity contribution in [3.05, 3.63) is 29.3 Å². The number of hydrogen-bond acceptors (Lipinski definition) is 4. The summed E-state index contributed by atoms with van der Waals surface area (Å²) in [6.45, 7) is 8.72. The first-order valence-corrected chi connectivity index (χ1v) is 9.38. The van der Waals surface area contributed by atoms with E-state index in [1.807, 2.05) is 24.3 Å². The lowest BCUT2D eigenvalue weighted by Gasteiger charge is -2.33. The second kappa shape index (κ2) is 9.52. The molecule has 1 unspecified atom stereocenters. The van der Waals surface area contributed by atoms with Crippen molar-refractivity contribution in [1.29, 1.82) is 0 Å². The van der Waals surface area contributed by atoms with Crippen LogP contribution >= 0.6 is 23.4 Å². The van der Waals surface area contributed by atoms with Crippen molar-refractivity contribution in [2.45, 2.75) is 24.8 Å². The largest absolute Gasteiger partial charge is 0.374 e. The maximum absolute atomic E-state index is 12.0. The van der Waals surface area contributed by atoms with Crippen LogP contribution in [0.15, 0.2) is 29.2 Å². The van der Waals surface area contributed by atoms with Gasteiger partial charge in [0.15, 0.2) is 0 Å². The Morgan fingerprint density at radius 3 is 2.87 bits per heavy atom. The van der Waals surface area contributed by atoms with Crippen molar-refractivity contribution in [3.63, 3.8) is 0 Å². The number of rotatable bonds is 7. The molecule has 0 bridgehead atoms. The third kappa shape index (κ3) is 7.12. The highest BCUT2D eigenvalue weighted by molar-refractivity contribution is 8.00. The molecule has 1 heterocycles. The molecule has 0 spiro atoms. The summed E-state index contributed by atoms with van der Waals surface area (Å²) >= 11 is 7.36. The van der Waals surface area contributed by atoms with E-state index in [1.54, 1.807) is 0 Å². The molecule has 1 N–H and O–H groups in total. The average molecular weight is 357 g/mol. The lowest BCUT2D eigenvalue weighted by Crippen LogP contribution is -2.48. The molecular formula is C17H25ClN2O2S. The molecule has 1 aliphatic rings. The first-order chi connectivity index (χ1) is 11.0. The zero-order valence-electron chi connectivity index (χ0n) is 13.8. The standard InChI is InChI=1S/C17H25ClN2O2S/c1-13(2)10-20-7-8-22-15(11-20)9-19-17(21)12-23-16-5-3-14(18)4-6-16/h3-6,13,15H,7-12H2,1-2H3,(H,19,21). The predicted octanol–water partition coefficient (Wildman–Crippen LogP) is 2.91. The van der Waals surface area contributed by atoms with Crippen molar-refractivity contribution in [2.75, 3.05) is 38.5 Å². The molecule has 1 aliphatic heterocycles. The smallest absolute Gasteiger partial charge is 0.230 e. The van der Waals surface area contributed by atoms with E-state index in [-0.39, 0.29) is 12.0 Å². The van der Waals surface area contributed by atoms with E-state index < -0.39 is 0 Å². The Hall–Kier alpha value is -0.750. The Kier molecular flexibility index (Phi) is 7.70. The summed E-state index contributed by atoms with van der Waals surface area (Å²) < 4.78 is 5.74. The van der Waals surface area contributed by atoms with E-state index in [9.17, 15) is 4.79 Å². The summed E-state index contributed by atoms with van der Waals surface area (Å²) in [5.41, 5.74) is 0. The first kappa shape index (κ1) is 18.6. The number of amides is 1. The minimum atomic E-state index is 0.0366. The number of nitrogens with zero attached hydrogens (tertiary/aromatic N) is 1. The Bertz CT molecular complexity index is 496. The summed E-state index contributed by atoms with van der Waals surface area (Å²) in [5.74, 6) is 1.10. The highest BCUT2D eigenvalue weighted by Gasteiger charge is 2.21. The van der Waals surface area contributed by atoms with Crippen LogP contribution in [0.3, 0.4) is 0 Å². The van der Waals surface area contributed by atoms with E-state index in [2.05, 4.69) is 24.1 Å². The number of morpholine rings is 1. The molecule has 1 aromatic carbocycles. The van der Waals surface area contributed by atoms with E-state index in [0.29, 0.717) is 23.2 Å². The van der Waals surface area contributed by atoms with Crippen LogP contribution in [0.5, 0.6) is 0 Å². The average Bonchev–Trinajstić information content (AvgIpc) is 2.52. The maximum atomic E-state index is 12.0. The van der Waals surface area contributed by atoms with Gasteiger partial charge in [-0.15, -0.1) is 11.8 Å². The topological polar surface area (TPSA) is 41.6 Å². The third-order valence-corrected chi connectivity index (χ3v) is 4.82. The van der Waals surface area contributed by atoms with E-state index in [0.717, 1.165) is 31.1 Å². The molecular weight excluding hydrogens is 332 g/mol. The minimum absolute atomic E-state index is 0.0366. The number of benzene rings is 1. The molecule has 0 saturated carbocycles. The fraction of sp³-hybridized carbons (Fsp3) is 0.588. The van der Waals surface area contributed by atoms with Gasteiger partial charge in [-0.25, -0.2) is 0 Å². The summed E-state index contributed by atoms with van der Waals surface area (Å²) in [4.78, 5) is 15.4. The van der Waals surface area contributed by atoms with Crippen LogP contribution in [0, 0.1) is 5.92 Å². The molecule has 1 atom stereocenters. The van der Waals surface area contributed by atoms with Crippen LogP contribution in [-0.4, -0.2) is 55.4 Å². The number of hydrogen-bond donors (Lipinski definition) is 1. The van der Waals surface area contributed by atoms with Crippen LogP contribution < -0.4 is 5.32 Å². The highest BCUT2D eigenvalue weighted by Crippen LogP contribution is 2.19. The number of ether oxygens (including phenoxy) is 1. The highest BCUT2D eigenvalue weighted by atomic mass is 35.5. The van der Waals surface area contributed by atoms with Gasteiger partial charge in [0.1, 0.15) is 0 Å². The van der Waals surface area contributed by atoms with Crippen LogP contribution in [0.4, 0.5) is 0 Å². The summed E-state index contributed by atoms with van der Waals surface area (Å²) in [5, 5.41) is 3.68. The van der Waals surface area contributed by atoms with Gasteiger partial charge in [0.05, 0.1) is 18.5 Å². The molecule has 1 aromatic rings. The number of carbonyl (C=O) groups is 1. The molecule has 128 valence electrons. The SMILES string of the molecule is CC(C)CN1CCOC(CNC(=O)CSc2ccc(Cl)cc2)C1. The van der Waals surface area contributed by atoms with Crippen molar-refractivity contribution in [3.8, 4) is 0 Å². The fourth-order valence-corrected chi connectivity index (χ4v) is 3.40. The van der Waals surface area contributed by atoms with Gasteiger partial charge in [0.2, 0.25) is 5.91 Å². The van der Waals surface area contributed by atoms with Gasteiger partial charge < -0.3 is 10.1 Å². The van der Waals surface area contributed by atoms with Crippen LogP contribution in [0.2, 0.25) is 5.02 Å². The molecule has 1 saturated heterocycles. The van der Waals surface area contributed by atoms with Gasteiger partial charge in [0, 0.05) is 36.1 Å². The second-order valence-corrected chi connectivity index (χ2v) is 7.68. The molecule has 0 aliphatic carbocycles. The summed E-state index contributed by atoms with van der Waals surface area (Å²) in [7, 11) is 0. The number of nitrogens with one attached hydrogen (secondary N) is 1. The maximum Gasteiger partial charge on any atom is 0.230 e. The quantitative estimate of drug-likeness (QED) is 0.763. The molecule has 1 fully saturated rings. The van der Waals surface area contributed by atoms with Gasteiger partial charge in [-0.05, 0) is 30.2 Å². The summed E-state index contributed by atoms with van der Waals surface area (Å²) in [6, 6.07) is 7.52. The van der Waals surface area contributed by atoms with Crippen molar-refractivity contribution < 1.29 is 9.53 Å². The molecule has 2 rings (SSSR count). The van der Waals surface area contributed by atoms with Crippen LogP contribution in [0.1, 0.15) is 13.8 Å². The van der Waals surface area contributed by atoms with Gasteiger partial charge in [-0.2, -0.15) is 0 Å². The van der Waals surface area contributed by atoms with Gasteiger partial charge in [-0.1, -0.05) is 25.4 Å². The zero-order valence-corrected chi connectivity index (χ0v) is 15.3. The molecule has 0 aromatic heterocycles. The number of thioether (sulfide) groups is 1. The Labute approximate surface area is 147 Å². The molecule has 4 nitrogen and oxygen atoms in total. The third-order valence-electron chi connectivity index (χ3n) is 3.56. The van der Waals surface area contributed by atoms with Gasteiger partial charge in [-0.3, -0.25) is 9.69 Å². The van der Waals surface area contributed by atoms with Crippen LogP contribution in [-0.2, 0) is 9.53 Å². The zero-order chi connectivity index (χ0) is 16.7. The fourth-order valence-electron chi connectivity index (χ4n) is 2.54. The summed E-state index contributed by atoms with van der Waals surface area (Å²) in [6.07, 6.45) is 0.0898. The second-order valence-electron chi connectivity index (χ2n) is 6.19. The Balaban J connectivity index is 1.66. The lowest BCUT2D eigenvalue weighted by atomic mass is 10.2. The molecule has 6 heteroatoms. The van der Waals surface area contributed by atoms with Crippen molar-refractivity contribution in [2.24, 2.45) is 5.92 Å². The normalized spacial score (nSPS) is 19.0. The van der Waals surface area contributed by atoms with E-state index >= 15 is 0 Å². The number of carbonyl (C=O) groups excluding carboxylic acids is 1. The molecule has 0 radical (unpaired) electrons. The van der Waals surface area contributed by atoms with Crippen molar-refractivity contribution in [1.82, 2.24) is 10.2 Å². The number of halogens is 1. The first-order valence-electron chi connectivity index (χ1n) is 8.02. The van der Waals surface area contributed by atoms with E-state index in [4.69, 9.17) is 16.3 Å². The molecule has 23 heavy (non-hydrogen) atoms. The van der Waals surface area contributed by atoms with Gasteiger partial charge in [0.25, 0.3) is 0 Å². The van der Waals surface area contributed by atoms with Crippen LogP contribution in [0.25, 0.3) is 0 Å². The Morgan fingerprint density at radius 2 is 2.17 bits per heavy atom.